The van der Waals surface area contributed by atoms with E-state index in [1.54, 1.807) is 0 Å². The van der Waals surface area contributed by atoms with E-state index in [9.17, 15) is 23.3 Å². The van der Waals surface area contributed by atoms with E-state index in [0.717, 1.165) is 12.1 Å². The van der Waals surface area contributed by atoms with Gasteiger partial charge in [-0.2, -0.15) is 13.2 Å². The van der Waals surface area contributed by atoms with Crippen molar-refractivity contribution in [3.8, 4) is 5.75 Å². The molecule has 0 radical (unpaired) electrons. The first-order chi connectivity index (χ1) is 9.74. The van der Waals surface area contributed by atoms with E-state index < -0.39 is 34.6 Å². The number of rotatable bonds is 4. The smallest absolute Gasteiger partial charge is 0.416 e. The van der Waals surface area contributed by atoms with E-state index in [0.29, 0.717) is 12.5 Å². The van der Waals surface area contributed by atoms with Gasteiger partial charge in [-0.15, -0.1) is 0 Å². The second-order valence-electron chi connectivity index (χ2n) is 4.69. The van der Waals surface area contributed by atoms with E-state index in [4.69, 9.17) is 15.2 Å². The lowest BCUT2D eigenvalue weighted by Gasteiger charge is -2.40. The van der Waals surface area contributed by atoms with E-state index >= 15 is 0 Å². The van der Waals surface area contributed by atoms with Crippen LogP contribution in [0, 0.1) is 10.1 Å². The summed E-state index contributed by atoms with van der Waals surface area (Å²) in [5, 5.41) is 10.9. The summed E-state index contributed by atoms with van der Waals surface area (Å²) in [5.41, 5.74) is 3.83. The molecule has 3 atom stereocenters. The van der Waals surface area contributed by atoms with Crippen molar-refractivity contribution in [2.75, 3.05) is 7.11 Å². The summed E-state index contributed by atoms with van der Waals surface area (Å²) in [5.74, 6) is -0.230. The van der Waals surface area contributed by atoms with Crippen LogP contribution in [0.25, 0.3) is 0 Å². The lowest BCUT2D eigenvalue weighted by Crippen LogP contribution is -2.59. The van der Waals surface area contributed by atoms with Crippen molar-refractivity contribution in [3.05, 3.63) is 33.9 Å². The molecule has 1 saturated carbocycles. The van der Waals surface area contributed by atoms with Gasteiger partial charge in [0.15, 0.2) is 5.75 Å². The van der Waals surface area contributed by atoms with Crippen LogP contribution in [-0.2, 0) is 10.9 Å². The van der Waals surface area contributed by atoms with Gasteiger partial charge in [-0.3, -0.25) is 10.1 Å². The zero-order valence-corrected chi connectivity index (χ0v) is 11.0. The Morgan fingerprint density at radius 1 is 1.43 bits per heavy atom. The maximum absolute atomic E-state index is 12.6. The minimum Gasteiger partial charge on any atom is -0.481 e. The second-order valence-corrected chi connectivity index (χ2v) is 4.69. The largest absolute Gasteiger partial charge is 0.481 e. The summed E-state index contributed by atoms with van der Waals surface area (Å²) >= 11 is 0. The summed E-state index contributed by atoms with van der Waals surface area (Å²) in [7, 11) is 1.42. The molecule has 0 saturated heterocycles. The highest BCUT2D eigenvalue weighted by atomic mass is 19.4. The van der Waals surface area contributed by atoms with Crippen LogP contribution in [0.1, 0.15) is 12.0 Å². The predicted molar refractivity (Wildman–Crippen MR) is 65.9 cm³/mol. The van der Waals surface area contributed by atoms with Crippen molar-refractivity contribution in [1.29, 1.82) is 0 Å². The van der Waals surface area contributed by atoms with Gasteiger partial charge in [0.05, 0.1) is 10.5 Å². The molecule has 1 fully saturated rings. The van der Waals surface area contributed by atoms with Crippen molar-refractivity contribution in [2.45, 2.75) is 30.8 Å². The molecule has 0 bridgehead atoms. The number of hydrogen-bond donors (Lipinski definition) is 1. The van der Waals surface area contributed by atoms with Crippen LogP contribution < -0.4 is 10.5 Å². The Balaban J connectivity index is 2.26. The van der Waals surface area contributed by atoms with Gasteiger partial charge in [-0.1, -0.05) is 0 Å². The number of alkyl halides is 3. The summed E-state index contributed by atoms with van der Waals surface area (Å²) in [4.78, 5) is 9.99. The second kappa shape index (κ2) is 5.49. The number of nitro groups is 1. The monoisotopic (exact) mass is 306 g/mol. The van der Waals surface area contributed by atoms with Crippen LogP contribution in [0.4, 0.5) is 18.9 Å². The van der Waals surface area contributed by atoms with E-state index in [2.05, 4.69) is 0 Å². The van der Waals surface area contributed by atoms with Crippen LogP contribution in [0.3, 0.4) is 0 Å². The molecule has 1 aromatic carbocycles. The topological polar surface area (TPSA) is 87.6 Å². The first-order valence-electron chi connectivity index (χ1n) is 6.04. The number of nitrogens with two attached hydrogens (primary N) is 1. The van der Waals surface area contributed by atoms with Gasteiger partial charge >= 0.3 is 11.9 Å². The first-order valence-corrected chi connectivity index (χ1v) is 6.04. The van der Waals surface area contributed by atoms with Crippen molar-refractivity contribution in [1.82, 2.24) is 0 Å². The Morgan fingerprint density at radius 3 is 2.57 bits per heavy atom. The van der Waals surface area contributed by atoms with Crippen LogP contribution >= 0.6 is 0 Å². The zero-order chi connectivity index (χ0) is 15.8. The van der Waals surface area contributed by atoms with Crippen LogP contribution in [-0.4, -0.2) is 30.3 Å². The lowest BCUT2D eigenvalue weighted by molar-refractivity contribution is -0.386. The highest BCUT2D eigenvalue weighted by Gasteiger charge is 2.42. The standard InChI is InChI=1S/C12H13F3N2O4/c1-20-11-7(16)5-10(11)21-9-3-2-6(12(13,14)15)4-8(9)17(18)19/h2-4,7,10-11H,5,16H2,1H3. The number of ether oxygens (including phenoxy) is 2. The lowest BCUT2D eigenvalue weighted by atomic mass is 9.86. The Bertz CT molecular complexity index is 550. The Kier molecular flexibility index (Phi) is 4.06. The Hall–Kier alpha value is -1.87. The van der Waals surface area contributed by atoms with Gasteiger partial charge < -0.3 is 15.2 Å². The number of nitrogens with zero attached hydrogens (tertiary/aromatic N) is 1. The molecule has 2 rings (SSSR count). The Morgan fingerprint density at radius 2 is 2.10 bits per heavy atom. The predicted octanol–water partition coefficient (Wildman–Crippen LogP) is 2.11. The molecular formula is C12H13F3N2O4. The van der Waals surface area contributed by atoms with Gasteiger partial charge in [-0.25, -0.2) is 0 Å². The maximum atomic E-state index is 12.6. The molecule has 6 nitrogen and oxygen atoms in total. The third-order valence-corrected chi connectivity index (χ3v) is 3.33. The molecule has 0 aliphatic heterocycles. The molecule has 1 aliphatic rings. The average molecular weight is 306 g/mol. The van der Waals surface area contributed by atoms with Crippen molar-refractivity contribution < 1.29 is 27.6 Å². The minimum absolute atomic E-state index is 0.230. The van der Waals surface area contributed by atoms with Gasteiger partial charge in [0.1, 0.15) is 12.2 Å². The summed E-state index contributed by atoms with van der Waals surface area (Å²) in [6, 6.07) is 1.88. The molecule has 116 valence electrons. The molecule has 9 heteroatoms. The first kappa shape index (κ1) is 15.5. The van der Waals surface area contributed by atoms with Crippen molar-refractivity contribution in [3.63, 3.8) is 0 Å². The van der Waals surface area contributed by atoms with Crippen molar-refractivity contribution >= 4 is 5.69 Å². The van der Waals surface area contributed by atoms with Crippen LogP contribution in [0.5, 0.6) is 5.75 Å². The van der Waals surface area contributed by atoms with Crippen LogP contribution in [0.15, 0.2) is 18.2 Å². The number of methoxy groups -OCH3 is 1. The molecular weight excluding hydrogens is 293 g/mol. The third kappa shape index (κ3) is 3.08. The molecule has 1 aromatic rings. The molecule has 0 aromatic heterocycles. The molecule has 3 unspecified atom stereocenters. The van der Waals surface area contributed by atoms with E-state index in [1.807, 2.05) is 0 Å². The van der Waals surface area contributed by atoms with Gasteiger partial charge in [0, 0.05) is 25.6 Å². The summed E-state index contributed by atoms with van der Waals surface area (Å²) in [6.45, 7) is 0. The summed E-state index contributed by atoms with van der Waals surface area (Å²) in [6.07, 6.45) is -5.19. The molecule has 0 heterocycles. The highest BCUT2D eigenvalue weighted by Crippen LogP contribution is 2.38. The Labute approximate surface area is 117 Å². The number of halogens is 3. The van der Waals surface area contributed by atoms with Gasteiger partial charge in [0.25, 0.3) is 0 Å². The fourth-order valence-corrected chi connectivity index (χ4v) is 2.16. The minimum atomic E-state index is -4.66. The quantitative estimate of drug-likeness (QED) is 0.680. The normalized spacial score (nSPS) is 25.3. The fraction of sp³-hybridized carbons (Fsp3) is 0.500. The van der Waals surface area contributed by atoms with E-state index in [1.165, 1.54) is 7.11 Å². The molecule has 0 amide bonds. The molecule has 21 heavy (non-hydrogen) atoms. The summed E-state index contributed by atoms with van der Waals surface area (Å²) < 4.78 is 48.1. The SMILES string of the molecule is COC1C(N)CC1Oc1ccc(C(F)(F)F)cc1[N+](=O)[O-]. The molecule has 2 N–H and O–H groups in total. The number of nitro benzene ring substituents is 1. The fourth-order valence-electron chi connectivity index (χ4n) is 2.16. The van der Waals surface area contributed by atoms with Crippen LogP contribution in [0.2, 0.25) is 0 Å². The molecule has 0 spiro atoms. The third-order valence-electron chi connectivity index (χ3n) is 3.33. The zero-order valence-electron chi connectivity index (χ0n) is 11.0. The van der Waals surface area contributed by atoms with Crippen molar-refractivity contribution in [2.24, 2.45) is 5.73 Å². The van der Waals surface area contributed by atoms with Gasteiger partial charge in [0.2, 0.25) is 0 Å². The highest BCUT2D eigenvalue weighted by molar-refractivity contribution is 5.49. The van der Waals surface area contributed by atoms with E-state index in [-0.39, 0.29) is 11.8 Å². The van der Waals surface area contributed by atoms with Gasteiger partial charge in [-0.05, 0) is 12.1 Å². The number of benzene rings is 1. The molecule has 1 aliphatic carbocycles. The average Bonchev–Trinajstić information content (AvgIpc) is 2.37. The maximum Gasteiger partial charge on any atom is 0.416 e. The number of hydrogen-bond acceptors (Lipinski definition) is 5.